The molecule has 6 nitrogen and oxygen atoms in total. The van der Waals surface area contributed by atoms with Gasteiger partial charge in [-0.25, -0.2) is 4.39 Å². The van der Waals surface area contributed by atoms with Gasteiger partial charge < -0.3 is 14.2 Å². The molecule has 9 heteroatoms. The molecule has 1 aliphatic rings. The number of carbonyl (C=O) groups excluding carboxylic acids is 1. The van der Waals surface area contributed by atoms with Gasteiger partial charge in [-0.2, -0.15) is 4.98 Å². The van der Waals surface area contributed by atoms with Gasteiger partial charge in [0.25, 0.3) is 0 Å². The first-order chi connectivity index (χ1) is 13.5. The Morgan fingerprint density at radius 2 is 2.14 bits per heavy atom. The number of nitrogens with zero attached hydrogens (tertiary/aromatic N) is 3. The maximum Gasteiger partial charge on any atom is 0.232 e. The zero-order chi connectivity index (χ0) is 19.8. The maximum atomic E-state index is 13.4. The van der Waals surface area contributed by atoms with Gasteiger partial charge in [-0.05, 0) is 52.3 Å². The number of amides is 1. The van der Waals surface area contributed by atoms with E-state index in [1.165, 1.54) is 13.2 Å². The molecular formula is C19H14BrClFN3O3. The molecule has 1 saturated heterocycles. The van der Waals surface area contributed by atoms with Crippen LogP contribution in [0.25, 0.3) is 11.4 Å². The highest BCUT2D eigenvalue weighted by Gasteiger charge is 2.36. The molecule has 0 N–H and O–H groups in total. The summed E-state index contributed by atoms with van der Waals surface area (Å²) in [7, 11) is 1.54. The standard InChI is InChI=1S/C19H14BrClFN3O3/c1-27-16-5-3-12(21)8-15(16)25-9-11(7-17(25)26)19-23-18(24-28-19)10-2-4-14(22)13(20)6-10/h2-6,8,11H,7,9H2,1H3. The summed E-state index contributed by atoms with van der Waals surface area (Å²) in [6.07, 6.45) is 0.227. The largest absolute Gasteiger partial charge is 0.495 e. The maximum absolute atomic E-state index is 13.4. The first-order valence-corrected chi connectivity index (χ1v) is 9.56. The van der Waals surface area contributed by atoms with Crippen molar-refractivity contribution in [2.24, 2.45) is 0 Å². The van der Waals surface area contributed by atoms with E-state index in [0.717, 1.165) is 0 Å². The van der Waals surface area contributed by atoms with Crippen molar-refractivity contribution >= 4 is 39.1 Å². The number of benzene rings is 2. The fourth-order valence-electron chi connectivity index (χ4n) is 3.13. The molecule has 1 aromatic heterocycles. The van der Waals surface area contributed by atoms with Crippen LogP contribution in [-0.4, -0.2) is 29.7 Å². The summed E-state index contributed by atoms with van der Waals surface area (Å²) in [5, 5.41) is 4.48. The molecule has 144 valence electrons. The lowest BCUT2D eigenvalue weighted by Crippen LogP contribution is -2.24. The van der Waals surface area contributed by atoms with E-state index >= 15 is 0 Å². The summed E-state index contributed by atoms with van der Waals surface area (Å²) >= 11 is 9.23. The van der Waals surface area contributed by atoms with Crippen molar-refractivity contribution in [2.75, 3.05) is 18.6 Å². The molecule has 0 saturated carbocycles. The molecule has 0 spiro atoms. The molecule has 1 fully saturated rings. The molecule has 0 radical (unpaired) electrons. The Morgan fingerprint density at radius 3 is 2.89 bits per heavy atom. The van der Waals surface area contributed by atoms with Crippen molar-refractivity contribution in [3.63, 3.8) is 0 Å². The summed E-state index contributed by atoms with van der Waals surface area (Å²) in [5.74, 6) is 0.520. The minimum absolute atomic E-state index is 0.0881. The second kappa shape index (κ2) is 7.52. The fraction of sp³-hybridized carbons (Fsp3) is 0.211. The van der Waals surface area contributed by atoms with Gasteiger partial charge in [-0.3, -0.25) is 4.79 Å². The van der Waals surface area contributed by atoms with E-state index < -0.39 is 0 Å². The minimum Gasteiger partial charge on any atom is -0.495 e. The van der Waals surface area contributed by atoms with Crippen LogP contribution < -0.4 is 9.64 Å². The van der Waals surface area contributed by atoms with Gasteiger partial charge in [0.1, 0.15) is 11.6 Å². The highest BCUT2D eigenvalue weighted by molar-refractivity contribution is 9.10. The van der Waals surface area contributed by atoms with Crippen LogP contribution in [0.3, 0.4) is 0 Å². The number of halogens is 3. The van der Waals surface area contributed by atoms with E-state index in [1.54, 1.807) is 35.2 Å². The lowest BCUT2D eigenvalue weighted by Gasteiger charge is -2.19. The minimum atomic E-state index is -0.375. The Balaban J connectivity index is 1.59. The third-order valence-corrected chi connectivity index (χ3v) is 5.37. The normalized spacial score (nSPS) is 16.6. The topological polar surface area (TPSA) is 68.5 Å². The number of methoxy groups -OCH3 is 1. The van der Waals surface area contributed by atoms with Crippen LogP contribution >= 0.6 is 27.5 Å². The number of hydrogen-bond acceptors (Lipinski definition) is 5. The molecule has 1 aliphatic heterocycles. The fourth-order valence-corrected chi connectivity index (χ4v) is 3.68. The van der Waals surface area contributed by atoms with E-state index in [9.17, 15) is 9.18 Å². The Kier molecular flexibility index (Phi) is 5.07. The van der Waals surface area contributed by atoms with Gasteiger partial charge in [0.05, 0.1) is 23.2 Å². The predicted octanol–water partition coefficient (Wildman–Crippen LogP) is 4.82. The van der Waals surface area contributed by atoms with Crippen LogP contribution in [0.15, 0.2) is 45.4 Å². The van der Waals surface area contributed by atoms with E-state index in [1.807, 2.05) is 0 Å². The van der Waals surface area contributed by atoms with Crippen molar-refractivity contribution in [1.82, 2.24) is 10.1 Å². The van der Waals surface area contributed by atoms with Gasteiger partial charge in [0.15, 0.2) is 0 Å². The first-order valence-electron chi connectivity index (χ1n) is 8.39. The van der Waals surface area contributed by atoms with Crippen LogP contribution in [0.2, 0.25) is 5.02 Å². The van der Waals surface area contributed by atoms with Gasteiger partial charge in [0.2, 0.25) is 17.6 Å². The molecular weight excluding hydrogens is 453 g/mol. The molecule has 1 unspecified atom stereocenters. The summed E-state index contributed by atoms with van der Waals surface area (Å²) in [4.78, 5) is 18.6. The third-order valence-electron chi connectivity index (χ3n) is 4.53. The molecule has 28 heavy (non-hydrogen) atoms. The zero-order valence-corrected chi connectivity index (χ0v) is 17.0. The average molecular weight is 467 g/mol. The van der Waals surface area contributed by atoms with Gasteiger partial charge in [-0.15, -0.1) is 0 Å². The van der Waals surface area contributed by atoms with Crippen molar-refractivity contribution in [1.29, 1.82) is 0 Å². The highest BCUT2D eigenvalue weighted by Crippen LogP contribution is 2.38. The Hall–Kier alpha value is -2.45. The molecule has 2 heterocycles. The van der Waals surface area contributed by atoms with Gasteiger partial charge >= 0.3 is 0 Å². The Labute approximate surface area is 173 Å². The summed E-state index contributed by atoms with van der Waals surface area (Å²) < 4.78 is 24.5. The summed E-state index contributed by atoms with van der Waals surface area (Å²) in [6.45, 7) is 0.365. The molecule has 3 aromatic rings. The van der Waals surface area contributed by atoms with Crippen LogP contribution in [0.4, 0.5) is 10.1 Å². The Morgan fingerprint density at radius 1 is 1.32 bits per heavy atom. The molecule has 1 amide bonds. The monoisotopic (exact) mass is 465 g/mol. The first kappa shape index (κ1) is 18.9. The van der Waals surface area contributed by atoms with Crippen molar-refractivity contribution in [3.05, 3.63) is 57.6 Å². The number of aromatic nitrogens is 2. The third kappa shape index (κ3) is 3.49. The van der Waals surface area contributed by atoms with Crippen molar-refractivity contribution < 1.29 is 18.4 Å². The van der Waals surface area contributed by atoms with Crippen LogP contribution in [0, 0.1) is 5.82 Å². The molecule has 2 aromatic carbocycles. The highest BCUT2D eigenvalue weighted by atomic mass is 79.9. The van der Waals surface area contributed by atoms with E-state index in [4.69, 9.17) is 20.9 Å². The van der Waals surface area contributed by atoms with Crippen LogP contribution in [-0.2, 0) is 4.79 Å². The molecule has 1 atom stereocenters. The number of anilines is 1. The lowest BCUT2D eigenvalue weighted by atomic mass is 10.1. The second-order valence-corrected chi connectivity index (χ2v) is 7.60. The predicted molar refractivity (Wildman–Crippen MR) is 105 cm³/mol. The van der Waals surface area contributed by atoms with E-state index in [0.29, 0.717) is 44.8 Å². The summed E-state index contributed by atoms with van der Waals surface area (Å²) in [5.41, 5.74) is 1.21. The molecule has 0 bridgehead atoms. The number of rotatable bonds is 4. The lowest BCUT2D eigenvalue weighted by molar-refractivity contribution is -0.117. The van der Waals surface area contributed by atoms with E-state index in [-0.39, 0.29) is 24.1 Å². The number of ether oxygens (including phenoxy) is 1. The van der Waals surface area contributed by atoms with E-state index in [2.05, 4.69) is 26.1 Å². The van der Waals surface area contributed by atoms with Crippen molar-refractivity contribution in [2.45, 2.75) is 12.3 Å². The zero-order valence-electron chi connectivity index (χ0n) is 14.7. The van der Waals surface area contributed by atoms with Crippen LogP contribution in [0.1, 0.15) is 18.2 Å². The van der Waals surface area contributed by atoms with Crippen LogP contribution in [0.5, 0.6) is 5.75 Å². The Bertz CT molecular complexity index is 1060. The summed E-state index contributed by atoms with van der Waals surface area (Å²) in [6, 6.07) is 9.57. The number of carbonyl (C=O) groups is 1. The SMILES string of the molecule is COc1ccc(Cl)cc1N1CC(c2nc(-c3ccc(F)c(Br)c3)no2)CC1=O. The smallest absolute Gasteiger partial charge is 0.232 e. The second-order valence-electron chi connectivity index (χ2n) is 6.31. The van der Waals surface area contributed by atoms with Crippen molar-refractivity contribution in [3.8, 4) is 17.1 Å². The quantitative estimate of drug-likeness (QED) is 0.551. The average Bonchev–Trinajstić information content (AvgIpc) is 3.31. The van der Waals surface area contributed by atoms with Gasteiger partial charge in [0, 0.05) is 23.6 Å². The number of hydrogen-bond donors (Lipinski definition) is 0. The molecule has 4 rings (SSSR count). The molecule has 0 aliphatic carbocycles. The van der Waals surface area contributed by atoms with Gasteiger partial charge in [-0.1, -0.05) is 16.8 Å².